The van der Waals surface area contributed by atoms with Gasteiger partial charge in [-0.05, 0) is 36.6 Å². The summed E-state index contributed by atoms with van der Waals surface area (Å²) in [6, 6.07) is 9.40. The third-order valence-corrected chi connectivity index (χ3v) is 5.78. The Morgan fingerprint density at radius 2 is 1.68 bits per heavy atom. The van der Waals surface area contributed by atoms with E-state index in [1.807, 2.05) is 30.3 Å². The fourth-order valence-corrected chi connectivity index (χ4v) is 3.52. The fourth-order valence-electron chi connectivity index (χ4n) is 3.52. The van der Waals surface area contributed by atoms with Crippen molar-refractivity contribution in [3.63, 3.8) is 0 Å². The minimum absolute atomic E-state index is 0.0196. The molecule has 1 saturated heterocycles. The molecule has 0 atom stereocenters. The average Bonchev–Trinajstić information content (AvgIpc) is 2.82. The number of carbonyl (C=O) groups is 2. The van der Waals surface area contributed by atoms with E-state index in [1.165, 1.54) is 17.4 Å². The van der Waals surface area contributed by atoms with Gasteiger partial charge in [-0.2, -0.15) is 5.26 Å². The molecule has 0 spiro atoms. The molecule has 9 heteroatoms. The molecule has 2 aromatic rings. The highest BCUT2D eigenvalue weighted by atomic mass is 16.2. The first kappa shape index (κ1) is 25.3. The van der Waals surface area contributed by atoms with Crippen LogP contribution in [0.15, 0.2) is 36.7 Å². The number of amides is 2. The normalized spacial score (nSPS) is 14.9. The van der Waals surface area contributed by atoms with Gasteiger partial charge in [0, 0.05) is 57.2 Å². The van der Waals surface area contributed by atoms with Gasteiger partial charge in [-0.1, -0.05) is 32.9 Å². The van der Waals surface area contributed by atoms with Crippen LogP contribution in [-0.4, -0.2) is 76.4 Å². The van der Waals surface area contributed by atoms with E-state index in [1.54, 1.807) is 0 Å². The van der Waals surface area contributed by atoms with Gasteiger partial charge < -0.3 is 4.90 Å². The van der Waals surface area contributed by atoms with Crippen LogP contribution in [0.25, 0.3) is 0 Å². The number of nitrogens with zero attached hydrogens (tertiary/aromatic N) is 6. The number of rotatable bonds is 6. The minimum atomic E-state index is -0.501. The summed E-state index contributed by atoms with van der Waals surface area (Å²) < 4.78 is 0. The molecule has 1 fully saturated rings. The van der Waals surface area contributed by atoms with Crippen LogP contribution in [0.3, 0.4) is 0 Å². The first-order chi connectivity index (χ1) is 16.1. The van der Waals surface area contributed by atoms with E-state index in [0.29, 0.717) is 18.5 Å². The van der Waals surface area contributed by atoms with E-state index in [4.69, 9.17) is 5.26 Å². The monoisotopic (exact) mass is 463 g/mol. The summed E-state index contributed by atoms with van der Waals surface area (Å²) in [6.45, 7) is 11.6. The van der Waals surface area contributed by atoms with Gasteiger partial charge in [0.15, 0.2) is 0 Å². The van der Waals surface area contributed by atoms with E-state index in [2.05, 4.69) is 53.0 Å². The van der Waals surface area contributed by atoms with Gasteiger partial charge in [-0.25, -0.2) is 15.0 Å². The number of benzene rings is 1. The zero-order valence-corrected chi connectivity index (χ0v) is 20.4. The summed E-state index contributed by atoms with van der Waals surface area (Å²) in [5.74, 6) is -0.800. The Balaban J connectivity index is 1.69. The molecular formula is C25H33N7O2. The van der Waals surface area contributed by atoms with Crippen LogP contribution >= 0.6 is 0 Å². The Labute approximate surface area is 201 Å². The molecule has 1 aromatic heterocycles. The van der Waals surface area contributed by atoms with Crippen LogP contribution in [0.5, 0.6) is 0 Å². The van der Waals surface area contributed by atoms with Crippen LogP contribution in [0.2, 0.25) is 0 Å². The summed E-state index contributed by atoms with van der Waals surface area (Å²) in [4.78, 5) is 38.4. The highest BCUT2D eigenvalue weighted by molar-refractivity contribution is 5.98. The van der Waals surface area contributed by atoms with E-state index in [0.717, 1.165) is 38.3 Å². The van der Waals surface area contributed by atoms with Crippen molar-refractivity contribution in [2.45, 2.75) is 33.7 Å². The lowest BCUT2D eigenvalue weighted by atomic mass is 9.92. The summed E-state index contributed by atoms with van der Waals surface area (Å²) in [6.07, 6.45) is 3.26. The molecule has 1 aliphatic rings. The SMILES string of the molecule is CN1CCN(Cc2ccc(C(=O)N(CCC(C)(C)C)NC(=O)c3cnc(C#N)nc3)cc2)CC1. The molecule has 180 valence electrons. The van der Waals surface area contributed by atoms with E-state index >= 15 is 0 Å². The molecule has 1 aromatic carbocycles. The van der Waals surface area contributed by atoms with Crippen molar-refractivity contribution in [3.8, 4) is 6.07 Å². The summed E-state index contributed by atoms with van der Waals surface area (Å²) >= 11 is 0. The summed E-state index contributed by atoms with van der Waals surface area (Å²) in [5, 5.41) is 10.2. The lowest BCUT2D eigenvalue weighted by molar-refractivity contribution is 0.0560. The second-order valence-corrected chi connectivity index (χ2v) is 9.89. The fraction of sp³-hybridized carbons (Fsp3) is 0.480. The maximum Gasteiger partial charge on any atom is 0.273 e. The molecule has 0 aliphatic carbocycles. The number of piperazine rings is 1. The molecule has 0 unspecified atom stereocenters. The first-order valence-corrected chi connectivity index (χ1v) is 11.5. The van der Waals surface area contributed by atoms with Gasteiger partial charge in [0.1, 0.15) is 6.07 Å². The average molecular weight is 464 g/mol. The van der Waals surface area contributed by atoms with Crippen molar-refractivity contribution in [2.24, 2.45) is 5.41 Å². The van der Waals surface area contributed by atoms with Crippen molar-refractivity contribution in [3.05, 3.63) is 59.2 Å². The minimum Gasteiger partial charge on any atom is -0.304 e. The van der Waals surface area contributed by atoms with Crippen molar-refractivity contribution in [1.29, 1.82) is 5.26 Å². The van der Waals surface area contributed by atoms with E-state index < -0.39 is 5.91 Å². The molecule has 1 aliphatic heterocycles. The Kier molecular flexibility index (Phi) is 8.31. The Bertz CT molecular complexity index is 1020. The van der Waals surface area contributed by atoms with Crippen LogP contribution in [0, 0.1) is 16.7 Å². The van der Waals surface area contributed by atoms with E-state index in [-0.39, 0.29) is 22.7 Å². The van der Waals surface area contributed by atoms with Crippen LogP contribution in [0.4, 0.5) is 0 Å². The van der Waals surface area contributed by atoms with E-state index in [9.17, 15) is 9.59 Å². The number of likely N-dealkylation sites (N-methyl/N-ethyl adjacent to an activating group) is 1. The molecule has 0 bridgehead atoms. The maximum atomic E-state index is 13.3. The first-order valence-electron chi connectivity index (χ1n) is 11.5. The maximum absolute atomic E-state index is 13.3. The molecule has 2 amide bonds. The predicted molar refractivity (Wildman–Crippen MR) is 129 cm³/mol. The predicted octanol–water partition coefficient (Wildman–Crippen LogP) is 2.32. The van der Waals surface area contributed by atoms with Gasteiger partial charge in [-0.15, -0.1) is 0 Å². The number of hydrogen-bond acceptors (Lipinski definition) is 7. The van der Waals surface area contributed by atoms with Gasteiger partial charge in [0.2, 0.25) is 5.82 Å². The number of nitrogens with one attached hydrogen (secondary N) is 1. The molecule has 3 rings (SSSR count). The van der Waals surface area contributed by atoms with Gasteiger partial charge in [0.05, 0.1) is 5.56 Å². The number of hydrazine groups is 1. The zero-order valence-electron chi connectivity index (χ0n) is 20.4. The summed E-state index contributed by atoms with van der Waals surface area (Å²) in [5.41, 5.74) is 4.51. The third-order valence-electron chi connectivity index (χ3n) is 5.78. The highest BCUT2D eigenvalue weighted by Crippen LogP contribution is 2.19. The van der Waals surface area contributed by atoms with Crippen LogP contribution < -0.4 is 5.43 Å². The van der Waals surface area contributed by atoms with Crippen molar-refractivity contribution in [1.82, 2.24) is 30.2 Å². The number of aromatic nitrogens is 2. The Morgan fingerprint density at radius 1 is 1.06 bits per heavy atom. The van der Waals surface area contributed by atoms with Crippen molar-refractivity contribution in [2.75, 3.05) is 39.8 Å². The topological polar surface area (TPSA) is 105 Å². The molecular weight excluding hydrogens is 430 g/mol. The van der Waals surface area contributed by atoms with Crippen LogP contribution in [0.1, 0.15) is 59.3 Å². The Morgan fingerprint density at radius 3 is 2.24 bits per heavy atom. The lowest BCUT2D eigenvalue weighted by Gasteiger charge is -2.32. The molecule has 9 nitrogen and oxygen atoms in total. The quantitative estimate of drug-likeness (QED) is 0.656. The number of nitriles is 1. The second-order valence-electron chi connectivity index (χ2n) is 9.89. The zero-order chi connectivity index (χ0) is 24.7. The van der Waals surface area contributed by atoms with Crippen LogP contribution in [-0.2, 0) is 6.54 Å². The third kappa shape index (κ3) is 7.33. The standard InChI is InChI=1S/C25H33N7O2/c1-25(2,3)9-10-32(29-23(33)21-16-27-22(15-26)28-17-21)24(34)20-7-5-19(6-8-20)18-31-13-11-30(4)12-14-31/h5-8,16-17H,9-14,18H2,1-4H3,(H,29,33). The molecule has 2 heterocycles. The Hall–Kier alpha value is -3.35. The lowest BCUT2D eigenvalue weighted by Crippen LogP contribution is -2.47. The van der Waals surface area contributed by atoms with Gasteiger partial charge in [-0.3, -0.25) is 19.9 Å². The van der Waals surface area contributed by atoms with Crippen molar-refractivity contribution >= 4 is 11.8 Å². The molecule has 0 radical (unpaired) electrons. The van der Waals surface area contributed by atoms with Gasteiger partial charge in [0.25, 0.3) is 11.8 Å². The number of carbonyl (C=O) groups excluding carboxylic acids is 2. The molecule has 1 N–H and O–H groups in total. The van der Waals surface area contributed by atoms with Crippen molar-refractivity contribution < 1.29 is 9.59 Å². The largest absolute Gasteiger partial charge is 0.304 e. The second kappa shape index (κ2) is 11.2. The van der Waals surface area contributed by atoms with Gasteiger partial charge >= 0.3 is 0 Å². The molecule has 0 saturated carbocycles. The highest BCUT2D eigenvalue weighted by Gasteiger charge is 2.22. The molecule has 34 heavy (non-hydrogen) atoms. The smallest absolute Gasteiger partial charge is 0.273 e. The summed E-state index contributed by atoms with van der Waals surface area (Å²) in [7, 11) is 2.14. The number of hydrogen-bond donors (Lipinski definition) is 1.